The molecule has 0 aliphatic heterocycles. The van der Waals surface area contributed by atoms with Gasteiger partial charge in [-0.25, -0.2) is 4.98 Å². The van der Waals surface area contributed by atoms with Gasteiger partial charge in [-0.15, -0.1) is 0 Å². The van der Waals surface area contributed by atoms with E-state index in [2.05, 4.69) is 9.97 Å². The van der Waals surface area contributed by atoms with Crippen molar-refractivity contribution < 1.29 is 30.0 Å². The Morgan fingerprint density at radius 3 is 2.09 bits per heavy atom. The first-order valence-electron chi connectivity index (χ1n) is 2.49. The van der Waals surface area contributed by atoms with E-state index in [4.69, 9.17) is 14.2 Å². The van der Waals surface area contributed by atoms with Crippen molar-refractivity contribution in [2.75, 3.05) is 0 Å². The van der Waals surface area contributed by atoms with Crippen molar-refractivity contribution in [2.24, 2.45) is 0 Å². The van der Waals surface area contributed by atoms with Crippen LogP contribution in [0.1, 0.15) is 5.82 Å². The number of imidazole rings is 1. The third kappa shape index (κ3) is 12.4. The molecule has 0 spiro atoms. The molecule has 0 saturated heterocycles. The second kappa shape index (κ2) is 4.18. The zero-order chi connectivity index (χ0) is 8.91. The molecule has 1 heterocycles. The van der Waals surface area contributed by atoms with Gasteiger partial charge in [-0.2, -0.15) is 0 Å². The van der Waals surface area contributed by atoms with Gasteiger partial charge in [0, 0.05) is 12.4 Å². The topological polar surface area (TPSA) is 100 Å². The number of aryl methyl sites for hydroxylation is 1. The van der Waals surface area contributed by atoms with Crippen LogP contribution in [0, 0.1) is 6.92 Å². The summed E-state index contributed by atoms with van der Waals surface area (Å²) in [5.41, 5.74) is 0. The Balaban J connectivity index is 0.000000187. The van der Waals surface area contributed by atoms with Gasteiger partial charge in [0.2, 0.25) is 0 Å². The predicted octanol–water partition coefficient (Wildman–Crippen LogP) is -0.198. The first-order chi connectivity index (χ1) is 4.89. The summed E-state index contributed by atoms with van der Waals surface area (Å²) in [6.45, 7) is 1.92. The van der Waals surface area contributed by atoms with Crippen molar-refractivity contribution in [2.45, 2.75) is 6.92 Å². The third-order valence-corrected chi connectivity index (χ3v) is 0.635. The first kappa shape index (κ1) is 10.2. The number of aromatic amines is 1. The van der Waals surface area contributed by atoms with Gasteiger partial charge in [0.1, 0.15) is 5.82 Å². The second-order valence-electron chi connectivity index (χ2n) is 1.57. The van der Waals surface area contributed by atoms with Crippen molar-refractivity contribution >= 4 is 0 Å². The Bertz CT molecular complexity index is 318. The Morgan fingerprint density at radius 2 is 2.00 bits per heavy atom. The van der Waals surface area contributed by atoms with E-state index < -0.39 is 15.8 Å². The molecule has 7 heteroatoms. The van der Waals surface area contributed by atoms with Crippen LogP contribution in [-0.4, -0.2) is 13.8 Å². The van der Waals surface area contributed by atoms with Gasteiger partial charge in [0.25, 0.3) is 0 Å². The zero-order valence-corrected chi connectivity index (χ0v) is 8.37. The van der Waals surface area contributed by atoms with Gasteiger partial charge in [0.05, 0.1) is 0 Å². The molecule has 1 rings (SSSR count). The maximum absolute atomic E-state index is 8.75. The summed E-state index contributed by atoms with van der Waals surface area (Å²) in [7, 11) is 0. The number of H-pyrrole nitrogens is 1. The number of aromatic nitrogens is 2. The Labute approximate surface area is 65.6 Å². The minimum absolute atomic E-state index is 0.968. The Morgan fingerprint density at radius 1 is 1.55 bits per heavy atom. The molecule has 64 valence electrons. The fourth-order valence-electron chi connectivity index (χ4n) is 0.344. The van der Waals surface area contributed by atoms with Crippen LogP contribution in [0.25, 0.3) is 0 Å². The molecule has 6 nitrogen and oxygen atoms in total. The summed E-state index contributed by atoms with van der Waals surface area (Å²) in [4.78, 5) is 6.75. The van der Waals surface area contributed by atoms with Crippen LogP contribution in [0.2, 0.25) is 0 Å². The van der Waals surface area contributed by atoms with E-state index in [-0.39, 0.29) is 0 Å². The molecule has 1 aromatic heterocycles. The second-order valence-corrected chi connectivity index (χ2v) is 4.42. The fourth-order valence-corrected chi connectivity index (χ4v) is 0.344. The zero-order valence-electron chi connectivity index (χ0n) is 5.65. The molecule has 1 aromatic rings. The normalized spacial score (nSPS) is 10.0. The monoisotopic (exact) mass is 334 g/mol. The maximum atomic E-state index is 8.75. The van der Waals surface area contributed by atoms with Crippen molar-refractivity contribution in [3.8, 4) is 0 Å². The van der Waals surface area contributed by atoms with E-state index in [1.165, 1.54) is 0 Å². The number of hydrogen-bond donors (Lipinski definition) is 2. The summed E-state index contributed by atoms with van der Waals surface area (Å²) < 4.78 is 33.3. The molecule has 0 amide bonds. The number of nitrogens with zero attached hydrogens (tertiary/aromatic N) is 1. The molecular weight excluding hydrogens is 326 g/mol. The SMILES string of the molecule is Cc1ncc[nH]1.[O]=[Re](=[O])(=[O])[OH]. The van der Waals surface area contributed by atoms with Crippen LogP contribution in [0.5, 0.6) is 0 Å². The standard InChI is InChI=1S/C4H6N2.H2O.3O.Re/c1-4-5-2-3-6-4;;;;;/h2-3H,1H3,(H,5,6);1H2;;;;/q;;;;;+1/p-1. The van der Waals surface area contributed by atoms with Crippen molar-refractivity contribution in [3.63, 3.8) is 0 Å². The van der Waals surface area contributed by atoms with Gasteiger partial charge in [-0.3, -0.25) is 0 Å². The van der Waals surface area contributed by atoms with E-state index in [9.17, 15) is 0 Å². The van der Waals surface area contributed by atoms with Crippen LogP contribution in [0.15, 0.2) is 12.4 Å². The predicted molar refractivity (Wildman–Crippen MR) is 27.6 cm³/mol. The summed E-state index contributed by atoms with van der Waals surface area (Å²) >= 11 is -5.86. The third-order valence-electron chi connectivity index (χ3n) is 0.635. The van der Waals surface area contributed by atoms with Crippen molar-refractivity contribution in [1.29, 1.82) is 0 Å². The fraction of sp³-hybridized carbons (Fsp3) is 0.250. The number of nitrogens with one attached hydrogen (secondary N) is 1. The molecule has 0 atom stereocenters. The van der Waals surface area contributed by atoms with Gasteiger partial charge in [-0.1, -0.05) is 0 Å². The average molecular weight is 333 g/mol. The molecule has 11 heavy (non-hydrogen) atoms. The van der Waals surface area contributed by atoms with Gasteiger partial charge in [0.15, 0.2) is 0 Å². The number of hydrogen-bond acceptors (Lipinski definition) is 4. The molecule has 0 radical (unpaired) electrons. The van der Waals surface area contributed by atoms with Crippen molar-refractivity contribution in [1.82, 2.24) is 9.97 Å². The molecule has 0 aliphatic rings. The van der Waals surface area contributed by atoms with E-state index >= 15 is 0 Å². The quantitative estimate of drug-likeness (QED) is 0.685. The molecule has 0 aliphatic carbocycles. The molecule has 2 N–H and O–H groups in total. The van der Waals surface area contributed by atoms with Crippen LogP contribution in [0.4, 0.5) is 0 Å². The van der Waals surface area contributed by atoms with E-state index in [0.717, 1.165) is 5.82 Å². The Hall–Kier alpha value is -0.768. The molecule has 0 fully saturated rings. The first-order valence-corrected chi connectivity index (χ1v) is 7.03. The molecule has 0 aromatic carbocycles. The van der Waals surface area contributed by atoms with Crippen molar-refractivity contribution in [3.05, 3.63) is 18.2 Å². The minimum atomic E-state index is -5.86. The van der Waals surface area contributed by atoms with Crippen LogP contribution >= 0.6 is 0 Å². The van der Waals surface area contributed by atoms with Gasteiger partial charge in [-0.05, 0) is 6.92 Å². The van der Waals surface area contributed by atoms with E-state index in [1.54, 1.807) is 12.4 Å². The molecule has 0 unspecified atom stereocenters. The van der Waals surface area contributed by atoms with E-state index in [0.29, 0.717) is 0 Å². The van der Waals surface area contributed by atoms with E-state index in [1.807, 2.05) is 6.92 Å². The molecular formula is C4H7N2O4Re. The Kier molecular flexibility index (Phi) is 3.89. The average Bonchev–Trinajstić information content (AvgIpc) is 2.12. The molecule has 0 bridgehead atoms. The van der Waals surface area contributed by atoms with Gasteiger partial charge < -0.3 is 4.98 Å². The van der Waals surface area contributed by atoms with Crippen LogP contribution in [0.3, 0.4) is 0 Å². The summed E-state index contributed by atoms with van der Waals surface area (Å²) in [5.74, 6) is 0.968. The van der Waals surface area contributed by atoms with Crippen LogP contribution < -0.4 is 0 Å². The summed E-state index contributed by atoms with van der Waals surface area (Å²) in [6, 6.07) is 0. The summed E-state index contributed by atoms with van der Waals surface area (Å²) in [5, 5.41) is 0. The number of rotatable bonds is 0. The van der Waals surface area contributed by atoms with Crippen LogP contribution in [-0.2, 0) is 26.2 Å². The van der Waals surface area contributed by atoms with Gasteiger partial charge >= 0.3 is 30.0 Å². The molecule has 0 saturated carbocycles. The summed E-state index contributed by atoms with van der Waals surface area (Å²) in [6.07, 6.45) is 3.53.